The normalized spacial score (nSPS) is 16.3. The van der Waals surface area contributed by atoms with Crippen LogP contribution in [0.15, 0.2) is 0 Å². The van der Waals surface area contributed by atoms with Gasteiger partial charge < -0.3 is 5.73 Å². The molecule has 0 aliphatic heterocycles. The maximum atomic E-state index is 6.12. The van der Waals surface area contributed by atoms with Crippen molar-refractivity contribution in [2.24, 2.45) is 17.6 Å². The first-order valence-electron chi connectivity index (χ1n) is 8.89. The molecule has 2 N–H and O–H groups in total. The molecule has 0 aromatic rings. The Morgan fingerprint density at radius 1 is 0.737 bits per heavy atom. The van der Waals surface area contributed by atoms with Gasteiger partial charge in [0.25, 0.3) is 0 Å². The van der Waals surface area contributed by atoms with Crippen molar-refractivity contribution in [1.82, 2.24) is 0 Å². The summed E-state index contributed by atoms with van der Waals surface area (Å²) in [6.45, 7) is 9.12. The second-order valence-electron chi connectivity index (χ2n) is 6.53. The van der Waals surface area contributed by atoms with E-state index in [0.29, 0.717) is 6.04 Å². The van der Waals surface area contributed by atoms with Crippen LogP contribution in [0.1, 0.15) is 98.3 Å². The molecule has 3 unspecified atom stereocenters. The molecule has 0 aromatic heterocycles. The fourth-order valence-electron chi connectivity index (χ4n) is 3.06. The van der Waals surface area contributed by atoms with Gasteiger partial charge in [-0.2, -0.15) is 0 Å². The van der Waals surface area contributed by atoms with E-state index in [1.165, 1.54) is 70.6 Å². The van der Waals surface area contributed by atoms with Gasteiger partial charge in [0, 0.05) is 6.04 Å². The average molecular weight is 270 g/mol. The Labute approximate surface area is 122 Å². The summed E-state index contributed by atoms with van der Waals surface area (Å²) in [7, 11) is 0. The molecule has 0 aliphatic carbocycles. The number of hydrogen-bond acceptors (Lipinski definition) is 1. The van der Waals surface area contributed by atoms with Crippen molar-refractivity contribution in [3.63, 3.8) is 0 Å². The minimum Gasteiger partial charge on any atom is -0.328 e. The molecule has 0 aromatic carbocycles. The van der Waals surface area contributed by atoms with Crippen LogP contribution in [0.2, 0.25) is 0 Å². The predicted octanol–water partition coefficient (Wildman–Crippen LogP) is 5.92. The zero-order chi connectivity index (χ0) is 14.5. The fourth-order valence-corrected chi connectivity index (χ4v) is 3.06. The molecule has 1 heteroatoms. The van der Waals surface area contributed by atoms with Crippen LogP contribution >= 0.6 is 0 Å². The van der Waals surface area contributed by atoms with Gasteiger partial charge in [0.15, 0.2) is 0 Å². The quantitative estimate of drug-likeness (QED) is 0.413. The van der Waals surface area contributed by atoms with Crippen molar-refractivity contribution in [3.8, 4) is 0 Å². The van der Waals surface area contributed by atoms with Gasteiger partial charge in [-0.15, -0.1) is 0 Å². The minimum atomic E-state index is 0.365. The molecule has 0 amide bonds. The summed E-state index contributed by atoms with van der Waals surface area (Å²) in [5, 5.41) is 0. The van der Waals surface area contributed by atoms with Gasteiger partial charge in [-0.25, -0.2) is 0 Å². The van der Waals surface area contributed by atoms with E-state index in [0.717, 1.165) is 11.8 Å². The first-order chi connectivity index (χ1) is 9.13. The summed E-state index contributed by atoms with van der Waals surface area (Å²) in [6.07, 6.45) is 15.4. The lowest BCUT2D eigenvalue weighted by atomic mass is 9.82. The van der Waals surface area contributed by atoms with Gasteiger partial charge in [-0.05, 0) is 25.2 Å². The van der Waals surface area contributed by atoms with Gasteiger partial charge in [0.2, 0.25) is 0 Å². The number of unbranched alkanes of at least 4 members (excludes halogenated alkanes) is 8. The van der Waals surface area contributed by atoms with Crippen LogP contribution in [-0.2, 0) is 0 Å². The summed E-state index contributed by atoms with van der Waals surface area (Å²) < 4.78 is 0. The highest BCUT2D eigenvalue weighted by molar-refractivity contribution is 4.73. The summed E-state index contributed by atoms with van der Waals surface area (Å²) in [5.41, 5.74) is 6.12. The van der Waals surface area contributed by atoms with Gasteiger partial charge in [-0.1, -0.05) is 85.0 Å². The van der Waals surface area contributed by atoms with E-state index < -0.39 is 0 Å². The van der Waals surface area contributed by atoms with E-state index >= 15 is 0 Å². The molecule has 3 atom stereocenters. The molecule has 0 heterocycles. The Balaban J connectivity index is 3.45. The molecule has 0 bridgehead atoms. The molecule has 19 heavy (non-hydrogen) atoms. The lowest BCUT2D eigenvalue weighted by molar-refractivity contribution is 0.276. The molecule has 0 aliphatic rings. The molecule has 116 valence electrons. The molecule has 0 fully saturated rings. The van der Waals surface area contributed by atoms with E-state index in [9.17, 15) is 0 Å². The van der Waals surface area contributed by atoms with Crippen molar-refractivity contribution < 1.29 is 0 Å². The Hall–Kier alpha value is -0.0400. The summed E-state index contributed by atoms with van der Waals surface area (Å²) >= 11 is 0. The van der Waals surface area contributed by atoms with Crippen molar-refractivity contribution in [1.29, 1.82) is 0 Å². The van der Waals surface area contributed by atoms with Crippen LogP contribution in [0.25, 0.3) is 0 Å². The first-order valence-corrected chi connectivity index (χ1v) is 8.89. The van der Waals surface area contributed by atoms with E-state index in [2.05, 4.69) is 27.7 Å². The number of hydrogen-bond donors (Lipinski definition) is 1. The topological polar surface area (TPSA) is 26.0 Å². The Bertz CT molecular complexity index is 177. The Kier molecular flexibility index (Phi) is 12.9. The highest BCUT2D eigenvalue weighted by Gasteiger charge is 2.19. The SMILES string of the molecule is CCCCCCCCCCCC(C(C)N)C(C)CC. The lowest BCUT2D eigenvalue weighted by Gasteiger charge is -2.26. The van der Waals surface area contributed by atoms with E-state index in [-0.39, 0.29) is 0 Å². The maximum absolute atomic E-state index is 6.12. The zero-order valence-electron chi connectivity index (χ0n) is 14.1. The minimum absolute atomic E-state index is 0.365. The first kappa shape index (κ1) is 19.0. The highest BCUT2D eigenvalue weighted by atomic mass is 14.6. The second kappa shape index (κ2) is 13.0. The molecule has 0 rings (SSSR count). The standard InChI is InChI=1S/C18H39N/c1-5-7-8-9-10-11-12-13-14-15-18(17(4)19)16(3)6-2/h16-18H,5-15,19H2,1-4H3. The molecule has 0 radical (unpaired) electrons. The fraction of sp³-hybridized carbons (Fsp3) is 1.00. The van der Waals surface area contributed by atoms with Crippen LogP contribution in [0, 0.1) is 11.8 Å². The van der Waals surface area contributed by atoms with Crippen LogP contribution in [0.3, 0.4) is 0 Å². The third-order valence-corrected chi connectivity index (χ3v) is 4.69. The van der Waals surface area contributed by atoms with Crippen LogP contribution in [0.5, 0.6) is 0 Å². The maximum Gasteiger partial charge on any atom is 0.00413 e. The van der Waals surface area contributed by atoms with Crippen LogP contribution in [-0.4, -0.2) is 6.04 Å². The van der Waals surface area contributed by atoms with Crippen molar-refractivity contribution in [2.45, 2.75) is 104 Å². The van der Waals surface area contributed by atoms with Crippen molar-refractivity contribution in [3.05, 3.63) is 0 Å². The summed E-state index contributed by atoms with van der Waals surface area (Å²) in [5.74, 6) is 1.52. The zero-order valence-corrected chi connectivity index (χ0v) is 14.1. The molecular formula is C18H39N. The lowest BCUT2D eigenvalue weighted by Crippen LogP contribution is -2.31. The van der Waals surface area contributed by atoms with Crippen LogP contribution in [0.4, 0.5) is 0 Å². The van der Waals surface area contributed by atoms with E-state index in [1.54, 1.807) is 0 Å². The van der Waals surface area contributed by atoms with Gasteiger partial charge in [0.1, 0.15) is 0 Å². The van der Waals surface area contributed by atoms with E-state index in [4.69, 9.17) is 5.73 Å². The number of rotatable bonds is 13. The summed E-state index contributed by atoms with van der Waals surface area (Å²) in [6, 6.07) is 0.365. The molecule has 0 saturated carbocycles. The molecule has 1 nitrogen and oxygen atoms in total. The summed E-state index contributed by atoms with van der Waals surface area (Å²) in [4.78, 5) is 0. The Morgan fingerprint density at radius 2 is 1.21 bits per heavy atom. The molecule has 0 spiro atoms. The van der Waals surface area contributed by atoms with Gasteiger partial charge in [-0.3, -0.25) is 0 Å². The van der Waals surface area contributed by atoms with Gasteiger partial charge in [0.05, 0.1) is 0 Å². The van der Waals surface area contributed by atoms with E-state index in [1.807, 2.05) is 0 Å². The highest BCUT2D eigenvalue weighted by Crippen LogP contribution is 2.24. The Morgan fingerprint density at radius 3 is 1.63 bits per heavy atom. The molecular weight excluding hydrogens is 230 g/mol. The predicted molar refractivity (Wildman–Crippen MR) is 88.4 cm³/mol. The largest absolute Gasteiger partial charge is 0.328 e. The average Bonchev–Trinajstić information content (AvgIpc) is 2.40. The monoisotopic (exact) mass is 269 g/mol. The van der Waals surface area contributed by atoms with Gasteiger partial charge >= 0.3 is 0 Å². The third kappa shape index (κ3) is 10.4. The second-order valence-corrected chi connectivity index (χ2v) is 6.53. The molecule has 0 saturated heterocycles. The van der Waals surface area contributed by atoms with Crippen molar-refractivity contribution in [2.75, 3.05) is 0 Å². The third-order valence-electron chi connectivity index (χ3n) is 4.69. The van der Waals surface area contributed by atoms with Crippen LogP contribution < -0.4 is 5.73 Å². The smallest absolute Gasteiger partial charge is 0.00413 e. The van der Waals surface area contributed by atoms with Crippen molar-refractivity contribution >= 4 is 0 Å². The number of nitrogens with two attached hydrogens (primary N) is 1.